The monoisotopic (exact) mass is 267 g/mol. The summed E-state index contributed by atoms with van der Waals surface area (Å²) in [5.41, 5.74) is 0.319. The molecule has 0 unspecified atom stereocenters. The molecule has 0 fully saturated rings. The number of aromatic nitrogens is 2. The van der Waals surface area contributed by atoms with Gasteiger partial charge in [0.15, 0.2) is 0 Å². The van der Waals surface area contributed by atoms with E-state index in [0.717, 1.165) is 24.8 Å². The van der Waals surface area contributed by atoms with Gasteiger partial charge in [-0.3, -0.25) is 9.69 Å². The lowest BCUT2D eigenvalue weighted by molar-refractivity contribution is -0.122. The van der Waals surface area contributed by atoms with Crippen LogP contribution < -0.4 is 4.90 Å². The van der Waals surface area contributed by atoms with Crippen LogP contribution in [0.3, 0.4) is 0 Å². The van der Waals surface area contributed by atoms with E-state index in [1.54, 1.807) is 11.1 Å². The highest BCUT2D eigenvalue weighted by Gasteiger charge is 2.45. The molecule has 0 aliphatic carbocycles. The van der Waals surface area contributed by atoms with E-state index in [-0.39, 0.29) is 11.2 Å². The summed E-state index contributed by atoms with van der Waals surface area (Å²) in [7, 11) is 0. The first-order valence-corrected chi connectivity index (χ1v) is 6.71. The second kappa shape index (κ2) is 4.84. The van der Waals surface area contributed by atoms with E-state index in [1.165, 1.54) is 0 Å². The standard InChI is InChI=1S/C13H18ClN3O/c1-4-5-6-7-17-10-9(8-15-12(14)16-10)13(2,3)11(17)18/h8H,4-7H2,1-3H3. The van der Waals surface area contributed by atoms with Gasteiger partial charge >= 0.3 is 0 Å². The number of halogens is 1. The average Bonchev–Trinajstić information content (AvgIpc) is 2.50. The SMILES string of the molecule is CCCCCN1C(=O)C(C)(C)c2cnc(Cl)nc21. The molecule has 0 atom stereocenters. The van der Waals surface area contributed by atoms with Crippen LogP contribution in [0.2, 0.25) is 5.28 Å². The van der Waals surface area contributed by atoms with Crippen molar-refractivity contribution >= 4 is 23.3 Å². The van der Waals surface area contributed by atoms with Gasteiger partial charge in [-0.1, -0.05) is 19.8 Å². The number of carbonyl (C=O) groups is 1. The van der Waals surface area contributed by atoms with Gasteiger partial charge < -0.3 is 0 Å². The van der Waals surface area contributed by atoms with Crippen molar-refractivity contribution in [3.8, 4) is 0 Å². The van der Waals surface area contributed by atoms with Crippen LogP contribution in [-0.2, 0) is 10.2 Å². The lowest BCUT2D eigenvalue weighted by Gasteiger charge is -2.19. The minimum absolute atomic E-state index is 0.0881. The molecule has 1 aliphatic heterocycles. The van der Waals surface area contributed by atoms with Gasteiger partial charge in [-0.25, -0.2) is 4.98 Å². The number of carbonyl (C=O) groups excluding carboxylic acids is 1. The zero-order valence-electron chi connectivity index (χ0n) is 11.0. The van der Waals surface area contributed by atoms with Gasteiger partial charge in [0.1, 0.15) is 5.82 Å². The summed E-state index contributed by atoms with van der Waals surface area (Å²) >= 11 is 5.83. The minimum Gasteiger partial charge on any atom is -0.296 e. The Balaban J connectivity index is 2.33. The number of fused-ring (bicyclic) bond motifs is 1. The second-order valence-corrected chi connectivity index (χ2v) is 5.50. The van der Waals surface area contributed by atoms with E-state index < -0.39 is 5.41 Å². The van der Waals surface area contributed by atoms with E-state index >= 15 is 0 Å². The summed E-state index contributed by atoms with van der Waals surface area (Å²) < 4.78 is 0. The fourth-order valence-corrected chi connectivity index (χ4v) is 2.40. The molecule has 1 aromatic heterocycles. The van der Waals surface area contributed by atoms with Crippen LogP contribution in [0, 0.1) is 0 Å². The highest BCUT2D eigenvalue weighted by molar-refractivity contribution is 6.28. The van der Waals surface area contributed by atoms with Crippen molar-refractivity contribution in [3.05, 3.63) is 17.0 Å². The molecule has 98 valence electrons. The summed E-state index contributed by atoms with van der Waals surface area (Å²) in [6, 6.07) is 0. The molecule has 1 aromatic rings. The van der Waals surface area contributed by atoms with Crippen molar-refractivity contribution in [2.24, 2.45) is 0 Å². The lowest BCUT2D eigenvalue weighted by Crippen LogP contribution is -2.36. The van der Waals surface area contributed by atoms with Crippen LogP contribution in [0.25, 0.3) is 0 Å². The zero-order chi connectivity index (χ0) is 13.3. The third-order valence-corrected chi connectivity index (χ3v) is 3.62. The largest absolute Gasteiger partial charge is 0.296 e. The Morgan fingerprint density at radius 1 is 1.39 bits per heavy atom. The van der Waals surface area contributed by atoms with Gasteiger partial charge in [-0.05, 0) is 31.9 Å². The van der Waals surface area contributed by atoms with E-state index in [2.05, 4.69) is 16.9 Å². The maximum atomic E-state index is 12.4. The third kappa shape index (κ3) is 2.09. The molecular weight excluding hydrogens is 250 g/mol. The van der Waals surface area contributed by atoms with Gasteiger partial charge in [0.2, 0.25) is 11.2 Å². The van der Waals surface area contributed by atoms with Crippen molar-refractivity contribution in [1.82, 2.24) is 9.97 Å². The lowest BCUT2D eigenvalue weighted by atomic mass is 9.88. The van der Waals surface area contributed by atoms with Gasteiger partial charge in [-0.15, -0.1) is 0 Å². The third-order valence-electron chi connectivity index (χ3n) is 3.43. The highest BCUT2D eigenvalue weighted by atomic mass is 35.5. The molecule has 1 amide bonds. The molecular formula is C13H18ClN3O. The highest BCUT2D eigenvalue weighted by Crippen LogP contribution is 2.40. The van der Waals surface area contributed by atoms with Crippen LogP contribution in [0.5, 0.6) is 0 Å². The number of hydrogen-bond donors (Lipinski definition) is 0. The van der Waals surface area contributed by atoms with Crippen LogP contribution in [0.4, 0.5) is 5.82 Å². The van der Waals surface area contributed by atoms with Crippen molar-refractivity contribution in [1.29, 1.82) is 0 Å². The zero-order valence-corrected chi connectivity index (χ0v) is 11.8. The second-order valence-electron chi connectivity index (χ2n) is 5.17. The number of unbranched alkanes of at least 4 members (excludes halogenated alkanes) is 2. The molecule has 1 aliphatic rings. The normalized spacial score (nSPS) is 17.1. The molecule has 2 rings (SSSR count). The van der Waals surface area contributed by atoms with Gasteiger partial charge in [0.05, 0.1) is 5.41 Å². The van der Waals surface area contributed by atoms with E-state index in [0.29, 0.717) is 12.4 Å². The van der Waals surface area contributed by atoms with Crippen LogP contribution in [0.15, 0.2) is 6.20 Å². The number of hydrogen-bond acceptors (Lipinski definition) is 3. The minimum atomic E-state index is -0.549. The molecule has 0 bridgehead atoms. The molecule has 0 saturated carbocycles. The fourth-order valence-electron chi connectivity index (χ4n) is 2.27. The van der Waals surface area contributed by atoms with Gasteiger partial charge in [-0.2, -0.15) is 4.98 Å². The van der Waals surface area contributed by atoms with Gasteiger partial charge in [0.25, 0.3) is 0 Å². The van der Waals surface area contributed by atoms with Crippen molar-refractivity contribution in [2.45, 2.75) is 45.4 Å². The van der Waals surface area contributed by atoms with E-state index in [4.69, 9.17) is 11.6 Å². The summed E-state index contributed by atoms with van der Waals surface area (Å²) in [5, 5.41) is 0.194. The Hall–Kier alpha value is -1.16. The quantitative estimate of drug-likeness (QED) is 0.622. The van der Waals surface area contributed by atoms with Crippen molar-refractivity contribution < 1.29 is 4.79 Å². The first kappa shape index (κ1) is 13.3. The number of amides is 1. The predicted octanol–water partition coefficient (Wildman–Crippen LogP) is 2.94. The average molecular weight is 268 g/mol. The smallest absolute Gasteiger partial charge is 0.238 e. The molecule has 0 N–H and O–H groups in total. The van der Waals surface area contributed by atoms with Crippen LogP contribution in [0.1, 0.15) is 45.6 Å². The fraction of sp³-hybridized carbons (Fsp3) is 0.615. The van der Waals surface area contributed by atoms with Crippen LogP contribution in [-0.4, -0.2) is 22.4 Å². The van der Waals surface area contributed by atoms with Gasteiger partial charge in [0, 0.05) is 18.3 Å². The van der Waals surface area contributed by atoms with Crippen molar-refractivity contribution in [2.75, 3.05) is 11.4 Å². The molecule has 2 heterocycles. The van der Waals surface area contributed by atoms with E-state index in [9.17, 15) is 4.79 Å². The Morgan fingerprint density at radius 3 is 2.78 bits per heavy atom. The summed E-state index contributed by atoms with van der Waals surface area (Å²) in [6.07, 6.45) is 4.89. The molecule has 0 saturated heterocycles. The topological polar surface area (TPSA) is 46.1 Å². The number of rotatable bonds is 4. The summed E-state index contributed by atoms with van der Waals surface area (Å²) in [4.78, 5) is 22.4. The summed E-state index contributed by atoms with van der Waals surface area (Å²) in [6.45, 7) is 6.66. The molecule has 4 nitrogen and oxygen atoms in total. The number of nitrogens with zero attached hydrogens (tertiary/aromatic N) is 3. The summed E-state index contributed by atoms with van der Waals surface area (Å²) in [5.74, 6) is 0.770. The van der Waals surface area contributed by atoms with E-state index in [1.807, 2.05) is 13.8 Å². The molecule has 0 radical (unpaired) electrons. The Labute approximate surface area is 112 Å². The Bertz CT molecular complexity index is 473. The molecule has 18 heavy (non-hydrogen) atoms. The molecule has 0 aromatic carbocycles. The maximum absolute atomic E-state index is 12.4. The molecule has 0 spiro atoms. The first-order valence-electron chi connectivity index (χ1n) is 6.33. The Kier molecular flexibility index (Phi) is 3.57. The van der Waals surface area contributed by atoms with Crippen LogP contribution >= 0.6 is 11.6 Å². The molecule has 5 heteroatoms. The van der Waals surface area contributed by atoms with Crippen molar-refractivity contribution in [3.63, 3.8) is 0 Å². The first-order chi connectivity index (χ1) is 8.48. The number of anilines is 1. The predicted molar refractivity (Wildman–Crippen MR) is 71.9 cm³/mol. The Morgan fingerprint density at radius 2 is 2.11 bits per heavy atom. The maximum Gasteiger partial charge on any atom is 0.238 e.